The molecule has 0 N–H and O–H groups in total. The van der Waals surface area contributed by atoms with Gasteiger partial charge in [0.1, 0.15) is 17.4 Å². The number of fused-ring (bicyclic) bond motifs is 1. The number of hydrogen-bond donors (Lipinski definition) is 0. The second-order valence-corrected chi connectivity index (χ2v) is 7.87. The number of rotatable bonds is 6. The minimum Gasteiger partial charge on any atom is -0.497 e. The first-order chi connectivity index (χ1) is 16.1. The van der Waals surface area contributed by atoms with Gasteiger partial charge in [-0.2, -0.15) is 0 Å². The summed E-state index contributed by atoms with van der Waals surface area (Å²) in [5.41, 5.74) is 2.11. The van der Waals surface area contributed by atoms with Gasteiger partial charge in [0.2, 0.25) is 5.91 Å². The van der Waals surface area contributed by atoms with E-state index >= 15 is 0 Å². The van der Waals surface area contributed by atoms with Crippen LogP contribution in [0.1, 0.15) is 18.5 Å². The Morgan fingerprint density at radius 2 is 1.61 bits per heavy atom. The highest BCUT2D eigenvalue weighted by Crippen LogP contribution is 2.48. The Morgan fingerprint density at radius 3 is 2.30 bits per heavy atom. The first-order valence-electron chi connectivity index (χ1n) is 10.9. The van der Waals surface area contributed by atoms with Crippen LogP contribution < -0.4 is 19.4 Å². The number of methoxy groups -OCH3 is 1. The van der Waals surface area contributed by atoms with Gasteiger partial charge < -0.3 is 9.47 Å². The van der Waals surface area contributed by atoms with Gasteiger partial charge in [0.25, 0.3) is 5.91 Å². The molecular weight excluding hydrogens is 420 g/mol. The van der Waals surface area contributed by atoms with Crippen LogP contribution in [0.25, 0.3) is 0 Å². The standard InChI is InChI=1S/C26H24N2O5/c1-3-32-20-14-12-18(13-15-20)27-25(29)22-23(17-8-7-11-21(16-17)31-2)28(33-24(22)26(27)30)19-9-5-4-6-10-19/h4-16,22-24H,3H2,1-2H3/t22-,23+,24+/m1/s1. The fraction of sp³-hybridized carbons (Fsp3) is 0.231. The number of benzene rings is 3. The zero-order chi connectivity index (χ0) is 22.9. The molecule has 168 valence electrons. The summed E-state index contributed by atoms with van der Waals surface area (Å²) in [5, 5.41) is 1.68. The van der Waals surface area contributed by atoms with Gasteiger partial charge in [-0.15, -0.1) is 0 Å². The van der Waals surface area contributed by atoms with Crippen LogP contribution in [0.4, 0.5) is 11.4 Å². The van der Waals surface area contributed by atoms with Crippen molar-refractivity contribution >= 4 is 23.2 Å². The number of anilines is 2. The molecule has 2 heterocycles. The number of ether oxygens (including phenoxy) is 2. The van der Waals surface area contributed by atoms with E-state index in [2.05, 4.69) is 0 Å². The summed E-state index contributed by atoms with van der Waals surface area (Å²) in [6.07, 6.45) is -0.916. The van der Waals surface area contributed by atoms with Gasteiger partial charge in [-0.05, 0) is 61.0 Å². The van der Waals surface area contributed by atoms with Gasteiger partial charge in [0, 0.05) is 0 Å². The van der Waals surface area contributed by atoms with Gasteiger partial charge in [-0.25, -0.2) is 9.96 Å². The topological polar surface area (TPSA) is 68.3 Å². The molecule has 2 fully saturated rings. The summed E-state index contributed by atoms with van der Waals surface area (Å²) in [4.78, 5) is 34.4. The molecule has 2 aliphatic rings. The van der Waals surface area contributed by atoms with Crippen LogP contribution in [-0.4, -0.2) is 31.6 Å². The van der Waals surface area contributed by atoms with Crippen LogP contribution in [0.15, 0.2) is 78.9 Å². The lowest BCUT2D eigenvalue weighted by atomic mass is 9.90. The van der Waals surface area contributed by atoms with Gasteiger partial charge in [0.15, 0.2) is 6.10 Å². The highest BCUT2D eigenvalue weighted by atomic mass is 16.7. The van der Waals surface area contributed by atoms with Crippen molar-refractivity contribution in [2.75, 3.05) is 23.7 Å². The second-order valence-electron chi connectivity index (χ2n) is 7.87. The third-order valence-corrected chi connectivity index (χ3v) is 5.97. The first kappa shape index (κ1) is 21.0. The van der Waals surface area contributed by atoms with Gasteiger partial charge >= 0.3 is 0 Å². The predicted molar refractivity (Wildman–Crippen MR) is 123 cm³/mol. The van der Waals surface area contributed by atoms with Crippen molar-refractivity contribution < 1.29 is 23.9 Å². The quantitative estimate of drug-likeness (QED) is 0.532. The van der Waals surface area contributed by atoms with Gasteiger partial charge in [-0.3, -0.25) is 14.4 Å². The molecule has 2 saturated heterocycles. The highest BCUT2D eigenvalue weighted by molar-refractivity contribution is 6.23. The fourth-order valence-corrected chi connectivity index (χ4v) is 4.49. The van der Waals surface area contributed by atoms with Crippen LogP contribution in [-0.2, 0) is 14.4 Å². The lowest BCUT2D eigenvalue weighted by Gasteiger charge is -2.29. The van der Waals surface area contributed by atoms with Crippen molar-refractivity contribution in [3.63, 3.8) is 0 Å². The summed E-state index contributed by atoms with van der Waals surface area (Å²) in [6, 6.07) is 23.5. The largest absolute Gasteiger partial charge is 0.497 e. The van der Waals surface area contributed by atoms with Gasteiger partial charge in [-0.1, -0.05) is 30.3 Å². The van der Waals surface area contributed by atoms with Crippen molar-refractivity contribution in [1.29, 1.82) is 0 Å². The number of imide groups is 1. The number of carbonyl (C=O) groups excluding carboxylic acids is 2. The Hall–Kier alpha value is -3.84. The highest BCUT2D eigenvalue weighted by Gasteiger charge is 2.60. The van der Waals surface area contributed by atoms with Crippen LogP contribution in [0.2, 0.25) is 0 Å². The van der Waals surface area contributed by atoms with E-state index in [9.17, 15) is 9.59 Å². The molecule has 0 spiro atoms. The molecule has 0 bridgehead atoms. The molecule has 0 aliphatic carbocycles. The predicted octanol–water partition coefficient (Wildman–Crippen LogP) is 4.15. The number of para-hydroxylation sites is 1. The Labute approximate surface area is 192 Å². The van der Waals surface area contributed by atoms with E-state index in [4.69, 9.17) is 14.3 Å². The zero-order valence-electron chi connectivity index (χ0n) is 18.4. The van der Waals surface area contributed by atoms with Crippen LogP contribution in [0, 0.1) is 5.92 Å². The molecular formula is C26H24N2O5. The van der Waals surface area contributed by atoms with Gasteiger partial charge in [0.05, 0.1) is 31.1 Å². The van der Waals surface area contributed by atoms with Crippen LogP contribution in [0.3, 0.4) is 0 Å². The molecule has 3 atom stereocenters. The molecule has 33 heavy (non-hydrogen) atoms. The van der Waals surface area contributed by atoms with Crippen molar-refractivity contribution in [2.24, 2.45) is 5.92 Å². The number of nitrogens with zero attached hydrogens (tertiary/aromatic N) is 2. The number of amides is 2. The summed E-state index contributed by atoms with van der Waals surface area (Å²) >= 11 is 0. The molecule has 3 aromatic carbocycles. The van der Waals surface area contributed by atoms with E-state index in [1.54, 1.807) is 36.4 Å². The van der Waals surface area contributed by atoms with E-state index in [0.717, 1.165) is 11.3 Å². The Morgan fingerprint density at radius 1 is 0.848 bits per heavy atom. The number of hydroxylamine groups is 1. The molecule has 2 aliphatic heterocycles. The summed E-state index contributed by atoms with van der Waals surface area (Å²) in [6.45, 7) is 2.44. The van der Waals surface area contributed by atoms with E-state index in [1.807, 2.05) is 61.5 Å². The molecule has 3 aromatic rings. The molecule has 5 rings (SSSR count). The minimum absolute atomic E-state index is 0.291. The van der Waals surface area contributed by atoms with E-state index < -0.39 is 18.1 Å². The molecule has 0 radical (unpaired) electrons. The summed E-state index contributed by atoms with van der Waals surface area (Å²) in [7, 11) is 1.60. The monoisotopic (exact) mass is 444 g/mol. The van der Waals surface area contributed by atoms with Crippen molar-refractivity contribution in [1.82, 2.24) is 0 Å². The van der Waals surface area contributed by atoms with E-state index in [-0.39, 0.29) is 11.8 Å². The zero-order valence-corrected chi connectivity index (χ0v) is 18.4. The average Bonchev–Trinajstić information content (AvgIpc) is 3.36. The Bertz CT molecular complexity index is 1160. The smallest absolute Gasteiger partial charge is 0.266 e. The van der Waals surface area contributed by atoms with E-state index in [1.165, 1.54) is 4.90 Å². The first-order valence-corrected chi connectivity index (χ1v) is 10.9. The third-order valence-electron chi connectivity index (χ3n) is 5.97. The van der Waals surface area contributed by atoms with E-state index in [0.29, 0.717) is 23.8 Å². The number of carbonyl (C=O) groups is 2. The third kappa shape index (κ3) is 3.60. The fourth-order valence-electron chi connectivity index (χ4n) is 4.49. The maximum atomic E-state index is 13.7. The van der Waals surface area contributed by atoms with Crippen molar-refractivity contribution in [3.05, 3.63) is 84.4 Å². The molecule has 2 amide bonds. The van der Waals surface area contributed by atoms with Crippen LogP contribution in [0.5, 0.6) is 11.5 Å². The van der Waals surface area contributed by atoms with Crippen molar-refractivity contribution in [2.45, 2.75) is 19.1 Å². The maximum absolute atomic E-state index is 13.7. The second kappa shape index (κ2) is 8.60. The average molecular weight is 444 g/mol. The van der Waals surface area contributed by atoms with Crippen LogP contribution >= 0.6 is 0 Å². The van der Waals surface area contributed by atoms with Crippen molar-refractivity contribution in [3.8, 4) is 11.5 Å². The normalized spacial score (nSPS) is 21.9. The molecule has 0 aromatic heterocycles. The maximum Gasteiger partial charge on any atom is 0.266 e. The Kier molecular flexibility index (Phi) is 5.48. The lowest BCUT2D eigenvalue weighted by Crippen LogP contribution is -2.37. The molecule has 7 nitrogen and oxygen atoms in total. The molecule has 0 saturated carbocycles. The number of hydrogen-bond acceptors (Lipinski definition) is 6. The molecule has 0 unspecified atom stereocenters. The summed E-state index contributed by atoms with van der Waals surface area (Å²) < 4.78 is 10.9. The lowest BCUT2D eigenvalue weighted by molar-refractivity contribution is -0.126. The summed E-state index contributed by atoms with van der Waals surface area (Å²) in [5.74, 6) is -0.0114. The Balaban J connectivity index is 1.54. The minimum atomic E-state index is -0.916. The SMILES string of the molecule is CCOc1ccc(N2C(=O)[C@H]3[C@H](ON(c4ccccc4)[C@H]3c3cccc(OC)c3)C2=O)cc1. The molecule has 7 heteroatoms.